The molecule has 1 heteroatoms. The van der Waals surface area contributed by atoms with E-state index in [1.54, 1.807) is 18.2 Å². The first kappa shape index (κ1) is 15.2. The van der Waals surface area contributed by atoms with Crippen molar-refractivity contribution in [1.82, 2.24) is 0 Å². The average molecular weight is 194 g/mol. The zero-order chi connectivity index (χ0) is 11.6. The lowest BCUT2D eigenvalue weighted by Crippen LogP contribution is -1.77. The molecule has 0 saturated carbocycles. The standard InChI is InChI=1S/C9H10O.2C2H6/c1-3-8-4-5-9(10)6-7(8)2;2*1-2/h3-6,10H,1H2,2H3;2*1-2H3. The SMILES string of the molecule is C=Cc1ccc(O)cc1C.CC.CC. The van der Waals surface area contributed by atoms with E-state index in [0.717, 1.165) is 11.1 Å². The summed E-state index contributed by atoms with van der Waals surface area (Å²) in [6, 6.07) is 5.22. The van der Waals surface area contributed by atoms with Crippen LogP contribution < -0.4 is 0 Å². The Morgan fingerprint density at radius 3 is 2.00 bits per heavy atom. The summed E-state index contributed by atoms with van der Waals surface area (Å²) in [6.07, 6.45) is 1.77. The van der Waals surface area contributed by atoms with Crippen molar-refractivity contribution in [3.05, 3.63) is 35.9 Å². The molecule has 0 fully saturated rings. The lowest BCUT2D eigenvalue weighted by Gasteiger charge is -1.98. The van der Waals surface area contributed by atoms with Crippen molar-refractivity contribution in [3.63, 3.8) is 0 Å². The van der Waals surface area contributed by atoms with Gasteiger partial charge in [-0.3, -0.25) is 0 Å². The Morgan fingerprint density at radius 2 is 1.64 bits per heavy atom. The van der Waals surface area contributed by atoms with Crippen LogP contribution in [0.4, 0.5) is 0 Å². The summed E-state index contributed by atoms with van der Waals surface area (Å²) in [5.41, 5.74) is 2.12. The molecule has 0 spiro atoms. The Labute approximate surface area is 88.1 Å². The van der Waals surface area contributed by atoms with Gasteiger partial charge < -0.3 is 5.11 Å². The molecule has 0 aliphatic rings. The fourth-order valence-electron chi connectivity index (χ4n) is 0.889. The van der Waals surface area contributed by atoms with E-state index in [-0.39, 0.29) is 0 Å². The summed E-state index contributed by atoms with van der Waals surface area (Å²) in [7, 11) is 0. The Balaban J connectivity index is 0. The van der Waals surface area contributed by atoms with Gasteiger partial charge >= 0.3 is 0 Å². The molecule has 0 aromatic heterocycles. The fourth-order valence-corrected chi connectivity index (χ4v) is 0.889. The summed E-state index contributed by atoms with van der Waals surface area (Å²) in [6.45, 7) is 13.6. The highest BCUT2D eigenvalue weighted by atomic mass is 16.3. The molecule has 0 aliphatic carbocycles. The molecule has 1 N–H and O–H groups in total. The molecule has 0 heterocycles. The monoisotopic (exact) mass is 194 g/mol. The molecule has 0 atom stereocenters. The van der Waals surface area contributed by atoms with Gasteiger partial charge in [0.05, 0.1) is 0 Å². The van der Waals surface area contributed by atoms with Crippen molar-refractivity contribution in [2.24, 2.45) is 0 Å². The minimum Gasteiger partial charge on any atom is -0.508 e. The van der Waals surface area contributed by atoms with Gasteiger partial charge in [0.15, 0.2) is 0 Å². The van der Waals surface area contributed by atoms with Gasteiger partial charge in [0.2, 0.25) is 0 Å². The maximum absolute atomic E-state index is 9.00. The Kier molecular flexibility index (Phi) is 10.7. The maximum Gasteiger partial charge on any atom is 0.115 e. The molecule has 0 unspecified atom stereocenters. The van der Waals surface area contributed by atoms with Crippen LogP contribution in [0.5, 0.6) is 5.75 Å². The lowest BCUT2D eigenvalue weighted by molar-refractivity contribution is 0.475. The minimum absolute atomic E-state index is 0.308. The predicted molar refractivity (Wildman–Crippen MR) is 65.6 cm³/mol. The Hall–Kier alpha value is -1.24. The molecule has 14 heavy (non-hydrogen) atoms. The molecular formula is C13H22O. The zero-order valence-electron chi connectivity index (χ0n) is 9.96. The number of rotatable bonds is 1. The van der Waals surface area contributed by atoms with Gasteiger partial charge in [0.1, 0.15) is 5.75 Å². The second-order valence-corrected chi connectivity index (χ2v) is 2.25. The maximum atomic E-state index is 9.00. The average Bonchev–Trinajstić information content (AvgIpc) is 2.24. The summed E-state index contributed by atoms with van der Waals surface area (Å²) in [5, 5.41) is 9.00. The van der Waals surface area contributed by atoms with Crippen LogP contribution in [-0.4, -0.2) is 5.11 Å². The number of phenols is 1. The largest absolute Gasteiger partial charge is 0.508 e. The first-order chi connectivity index (χ1) is 6.74. The molecule has 1 aromatic rings. The quantitative estimate of drug-likeness (QED) is 0.702. The normalized spacial score (nSPS) is 7.50. The molecule has 0 saturated heterocycles. The lowest BCUT2D eigenvalue weighted by atomic mass is 10.1. The van der Waals surface area contributed by atoms with Gasteiger partial charge in [0, 0.05) is 0 Å². The number of phenolic OH excluding ortho intramolecular Hbond substituents is 1. The topological polar surface area (TPSA) is 20.2 Å². The van der Waals surface area contributed by atoms with Crippen LogP contribution in [0.15, 0.2) is 24.8 Å². The van der Waals surface area contributed by atoms with Crippen LogP contribution >= 0.6 is 0 Å². The van der Waals surface area contributed by atoms with Gasteiger partial charge in [-0.2, -0.15) is 0 Å². The number of benzene rings is 1. The summed E-state index contributed by atoms with van der Waals surface area (Å²) >= 11 is 0. The van der Waals surface area contributed by atoms with E-state index in [9.17, 15) is 0 Å². The third-order valence-electron chi connectivity index (χ3n) is 1.47. The highest BCUT2D eigenvalue weighted by molar-refractivity contribution is 5.53. The predicted octanol–water partition coefficient (Wildman–Crippen LogP) is 4.40. The van der Waals surface area contributed by atoms with Crippen molar-refractivity contribution in [3.8, 4) is 5.75 Å². The van der Waals surface area contributed by atoms with E-state index in [4.69, 9.17) is 5.11 Å². The van der Waals surface area contributed by atoms with E-state index in [0.29, 0.717) is 5.75 Å². The third-order valence-corrected chi connectivity index (χ3v) is 1.47. The molecule has 0 bridgehead atoms. The van der Waals surface area contributed by atoms with E-state index in [1.165, 1.54) is 0 Å². The van der Waals surface area contributed by atoms with E-state index >= 15 is 0 Å². The van der Waals surface area contributed by atoms with Gasteiger partial charge in [-0.25, -0.2) is 0 Å². The first-order valence-electron chi connectivity index (χ1n) is 5.16. The van der Waals surface area contributed by atoms with E-state index in [2.05, 4.69) is 6.58 Å². The van der Waals surface area contributed by atoms with Crippen LogP contribution in [0, 0.1) is 6.92 Å². The molecule has 80 valence electrons. The van der Waals surface area contributed by atoms with Gasteiger partial charge in [0.25, 0.3) is 0 Å². The number of aryl methyl sites for hydroxylation is 1. The van der Waals surface area contributed by atoms with Crippen molar-refractivity contribution >= 4 is 6.08 Å². The fraction of sp³-hybridized carbons (Fsp3) is 0.385. The number of hydrogen-bond acceptors (Lipinski definition) is 1. The Bertz CT molecular complexity index is 251. The van der Waals surface area contributed by atoms with Crippen LogP contribution in [0.1, 0.15) is 38.8 Å². The Morgan fingerprint density at radius 1 is 1.14 bits per heavy atom. The van der Waals surface area contributed by atoms with Crippen molar-refractivity contribution < 1.29 is 5.11 Å². The minimum atomic E-state index is 0.308. The second-order valence-electron chi connectivity index (χ2n) is 2.25. The molecule has 1 rings (SSSR count). The van der Waals surface area contributed by atoms with E-state index in [1.807, 2.05) is 40.7 Å². The highest BCUT2D eigenvalue weighted by Gasteiger charge is 1.92. The van der Waals surface area contributed by atoms with Gasteiger partial charge in [-0.05, 0) is 30.2 Å². The third kappa shape index (κ3) is 5.41. The molecule has 0 amide bonds. The number of hydrogen-bond donors (Lipinski definition) is 1. The molecule has 0 aliphatic heterocycles. The molecule has 1 aromatic carbocycles. The van der Waals surface area contributed by atoms with Gasteiger partial charge in [-0.1, -0.05) is 46.4 Å². The van der Waals surface area contributed by atoms with Crippen molar-refractivity contribution in [2.45, 2.75) is 34.6 Å². The summed E-state index contributed by atoms with van der Waals surface area (Å²) < 4.78 is 0. The van der Waals surface area contributed by atoms with Crippen molar-refractivity contribution in [2.75, 3.05) is 0 Å². The van der Waals surface area contributed by atoms with Crippen molar-refractivity contribution in [1.29, 1.82) is 0 Å². The van der Waals surface area contributed by atoms with Crippen LogP contribution in [0.2, 0.25) is 0 Å². The van der Waals surface area contributed by atoms with E-state index < -0.39 is 0 Å². The second kappa shape index (κ2) is 9.85. The van der Waals surface area contributed by atoms with Crippen LogP contribution in [0.25, 0.3) is 6.08 Å². The summed E-state index contributed by atoms with van der Waals surface area (Å²) in [4.78, 5) is 0. The highest BCUT2D eigenvalue weighted by Crippen LogP contribution is 2.15. The molecule has 0 radical (unpaired) electrons. The number of aromatic hydroxyl groups is 1. The molecule has 1 nitrogen and oxygen atoms in total. The van der Waals surface area contributed by atoms with Crippen LogP contribution in [0.3, 0.4) is 0 Å². The molecular weight excluding hydrogens is 172 g/mol. The van der Waals surface area contributed by atoms with Crippen LogP contribution in [-0.2, 0) is 0 Å². The zero-order valence-corrected chi connectivity index (χ0v) is 9.96. The smallest absolute Gasteiger partial charge is 0.115 e. The van der Waals surface area contributed by atoms with Gasteiger partial charge in [-0.15, -0.1) is 0 Å². The summed E-state index contributed by atoms with van der Waals surface area (Å²) in [5.74, 6) is 0.308. The first-order valence-corrected chi connectivity index (χ1v) is 5.16.